The Morgan fingerprint density at radius 2 is 1.46 bits per heavy atom. The van der Waals surface area contributed by atoms with E-state index in [1.165, 1.54) is 18.9 Å². The number of methoxy groups -OCH3 is 3. The number of aromatic nitrogens is 2. The second-order valence-electron chi connectivity index (χ2n) is 8.01. The van der Waals surface area contributed by atoms with E-state index in [1.807, 2.05) is 48.5 Å². The van der Waals surface area contributed by atoms with Crippen molar-refractivity contribution in [2.45, 2.75) is 17.3 Å². The highest BCUT2D eigenvalue weighted by molar-refractivity contribution is 8.00. The van der Waals surface area contributed by atoms with Gasteiger partial charge in [-0.3, -0.25) is 4.79 Å². The van der Waals surface area contributed by atoms with Gasteiger partial charge in [0.1, 0.15) is 11.5 Å². The number of rotatable bonds is 9. The molecule has 0 aliphatic heterocycles. The van der Waals surface area contributed by atoms with Gasteiger partial charge in [-0.05, 0) is 67.6 Å². The fourth-order valence-corrected chi connectivity index (χ4v) is 4.47. The lowest BCUT2D eigenvalue weighted by Crippen LogP contribution is -2.23. The largest absolute Gasteiger partial charge is 0.497 e. The number of H-pyrrole nitrogens is 1. The highest BCUT2D eigenvalue weighted by atomic mass is 32.2. The van der Waals surface area contributed by atoms with Crippen molar-refractivity contribution in [1.29, 1.82) is 0 Å². The minimum Gasteiger partial charge on any atom is -0.497 e. The van der Waals surface area contributed by atoms with E-state index in [0.717, 1.165) is 34.0 Å². The Balaban J connectivity index is 1.61. The van der Waals surface area contributed by atoms with E-state index >= 15 is 0 Å². The van der Waals surface area contributed by atoms with Crippen LogP contribution in [0.5, 0.6) is 11.5 Å². The van der Waals surface area contributed by atoms with E-state index in [4.69, 9.17) is 19.2 Å². The lowest BCUT2D eigenvalue weighted by molar-refractivity contribution is -0.115. The number of benzene rings is 3. The zero-order chi connectivity index (χ0) is 26.4. The topological polar surface area (TPSA) is 103 Å². The molecule has 1 amide bonds. The normalized spacial score (nSPS) is 11.5. The molecule has 4 rings (SSSR count). The van der Waals surface area contributed by atoms with Gasteiger partial charge < -0.3 is 24.5 Å². The number of nitrogens with zero attached hydrogens (tertiary/aromatic N) is 1. The van der Waals surface area contributed by atoms with E-state index in [-0.39, 0.29) is 11.5 Å². The molecule has 4 aromatic rings. The number of carbonyl (C=O) groups is 2. The van der Waals surface area contributed by atoms with Crippen molar-refractivity contribution >= 4 is 29.3 Å². The summed E-state index contributed by atoms with van der Waals surface area (Å²) in [6.07, 6.45) is 0. The average molecular weight is 518 g/mol. The van der Waals surface area contributed by atoms with Crippen LogP contribution in [-0.4, -0.2) is 48.4 Å². The predicted octanol–water partition coefficient (Wildman–Crippen LogP) is 5.67. The average Bonchev–Trinajstić information content (AvgIpc) is 3.36. The van der Waals surface area contributed by atoms with E-state index in [2.05, 4.69) is 10.3 Å². The zero-order valence-corrected chi connectivity index (χ0v) is 21.7. The van der Waals surface area contributed by atoms with E-state index in [9.17, 15) is 9.59 Å². The molecule has 0 saturated carbocycles. The second-order valence-corrected chi connectivity index (χ2v) is 9.34. The van der Waals surface area contributed by atoms with Crippen LogP contribution < -0.4 is 14.8 Å². The predicted molar refractivity (Wildman–Crippen MR) is 144 cm³/mol. The van der Waals surface area contributed by atoms with Gasteiger partial charge in [0.05, 0.1) is 49.2 Å². The van der Waals surface area contributed by atoms with Gasteiger partial charge in [0.25, 0.3) is 0 Å². The van der Waals surface area contributed by atoms with Gasteiger partial charge in [-0.25, -0.2) is 9.78 Å². The molecule has 2 N–H and O–H groups in total. The number of nitrogens with one attached hydrogen (secondary N) is 2. The maximum absolute atomic E-state index is 13.0. The Hall–Kier alpha value is -4.24. The summed E-state index contributed by atoms with van der Waals surface area (Å²) in [5.74, 6) is 0.712. The number of ether oxygens (including phenoxy) is 3. The number of aromatic amines is 1. The van der Waals surface area contributed by atoms with E-state index in [1.54, 1.807) is 45.4 Å². The van der Waals surface area contributed by atoms with Gasteiger partial charge in [0.2, 0.25) is 5.91 Å². The number of hydrogen-bond donors (Lipinski definition) is 2. The molecule has 0 radical (unpaired) electrons. The number of anilines is 1. The van der Waals surface area contributed by atoms with Crippen molar-refractivity contribution in [3.63, 3.8) is 0 Å². The molecule has 190 valence electrons. The molecule has 3 aromatic carbocycles. The number of carbonyl (C=O) groups excluding carboxylic acids is 2. The van der Waals surface area contributed by atoms with Crippen LogP contribution >= 0.6 is 11.8 Å². The van der Waals surface area contributed by atoms with Crippen molar-refractivity contribution in [3.8, 4) is 34.0 Å². The van der Waals surface area contributed by atoms with Crippen molar-refractivity contribution in [2.75, 3.05) is 26.6 Å². The molecular formula is C28H27N3O5S. The summed E-state index contributed by atoms with van der Waals surface area (Å²) in [5.41, 5.74) is 4.08. The molecule has 1 heterocycles. The van der Waals surface area contributed by atoms with Crippen LogP contribution in [0.2, 0.25) is 0 Å². The summed E-state index contributed by atoms with van der Waals surface area (Å²) < 4.78 is 15.4. The second kappa shape index (κ2) is 11.7. The van der Waals surface area contributed by atoms with Crippen molar-refractivity contribution in [2.24, 2.45) is 0 Å². The van der Waals surface area contributed by atoms with Gasteiger partial charge >= 0.3 is 5.97 Å². The van der Waals surface area contributed by atoms with Gasteiger partial charge in [0, 0.05) is 11.1 Å². The van der Waals surface area contributed by atoms with Gasteiger partial charge in [-0.2, -0.15) is 0 Å². The molecule has 0 saturated heterocycles. The molecule has 8 nitrogen and oxygen atoms in total. The Labute approximate surface area is 219 Å². The molecule has 0 aliphatic carbocycles. The zero-order valence-electron chi connectivity index (χ0n) is 20.9. The Morgan fingerprint density at radius 1 is 0.865 bits per heavy atom. The lowest BCUT2D eigenvalue weighted by atomic mass is 10.0. The van der Waals surface area contributed by atoms with Crippen molar-refractivity contribution in [3.05, 3.63) is 78.4 Å². The van der Waals surface area contributed by atoms with Crippen molar-refractivity contribution in [1.82, 2.24) is 9.97 Å². The summed E-state index contributed by atoms with van der Waals surface area (Å²) in [7, 11) is 4.55. The molecular weight excluding hydrogens is 490 g/mol. The van der Waals surface area contributed by atoms with Crippen LogP contribution in [0, 0.1) is 0 Å². The Bertz CT molecular complexity index is 1320. The molecule has 37 heavy (non-hydrogen) atoms. The van der Waals surface area contributed by atoms with Crippen LogP contribution in [-0.2, 0) is 9.53 Å². The molecule has 0 aliphatic rings. The van der Waals surface area contributed by atoms with E-state index in [0.29, 0.717) is 10.8 Å². The van der Waals surface area contributed by atoms with Crippen LogP contribution in [0.4, 0.5) is 5.69 Å². The third kappa shape index (κ3) is 5.95. The molecule has 0 spiro atoms. The first-order chi connectivity index (χ1) is 17.9. The molecule has 1 unspecified atom stereocenters. The first kappa shape index (κ1) is 25.8. The molecule has 9 heteroatoms. The third-order valence-corrected chi connectivity index (χ3v) is 6.66. The fraction of sp³-hybridized carbons (Fsp3) is 0.179. The van der Waals surface area contributed by atoms with Crippen LogP contribution in [0.1, 0.15) is 17.3 Å². The smallest absolute Gasteiger partial charge is 0.339 e. The van der Waals surface area contributed by atoms with Crippen LogP contribution in [0.3, 0.4) is 0 Å². The summed E-state index contributed by atoms with van der Waals surface area (Å²) >= 11 is 1.29. The summed E-state index contributed by atoms with van der Waals surface area (Å²) in [4.78, 5) is 33.3. The molecule has 1 atom stereocenters. The SMILES string of the molecule is COC(=O)c1ccccc1NC(=O)C(C)Sc1nc(-c2ccc(OC)cc2)c(-c2ccc(OC)cc2)[nH]1. The van der Waals surface area contributed by atoms with Gasteiger partial charge in [0.15, 0.2) is 5.16 Å². The third-order valence-electron chi connectivity index (χ3n) is 5.67. The first-order valence-corrected chi connectivity index (χ1v) is 12.3. The van der Waals surface area contributed by atoms with Gasteiger partial charge in [-0.15, -0.1) is 0 Å². The quantitative estimate of drug-likeness (QED) is 0.218. The number of amides is 1. The highest BCUT2D eigenvalue weighted by Gasteiger charge is 2.22. The number of esters is 1. The number of imidazole rings is 1. The molecule has 0 bridgehead atoms. The summed E-state index contributed by atoms with van der Waals surface area (Å²) in [6.45, 7) is 1.78. The first-order valence-electron chi connectivity index (χ1n) is 11.5. The summed E-state index contributed by atoms with van der Waals surface area (Å²) in [6, 6.07) is 22.0. The highest BCUT2D eigenvalue weighted by Crippen LogP contribution is 2.35. The lowest BCUT2D eigenvalue weighted by Gasteiger charge is -2.13. The van der Waals surface area contributed by atoms with Crippen molar-refractivity contribution < 1.29 is 23.8 Å². The molecule has 1 aromatic heterocycles. The standard InChI is InChI=1S/C28H27N3O5S/c1-17(26(32)29-23-8-6-5-7-22(23)27(33)36-4)37-28-30-24(18-9-13-20(34-2)14-10-18)25(31-28)19-11-15-21(35-3)16-12-19/h5-17H,1-4H3,(H,29,32)(H,30,31). The number of para-hydroxylation sites is 1. The summed E-state index contributed by atoms with van der Waals surface area (Å²) in [5, 5.41) is 2.90. The van der Waals surface area contributed by atoms with Crippen LogP contribution in [0.25, 0.3) is 22.5 Å². The monoisotopic (exact) mass is 517 g/mol. The minimum atomic E-state index is -0.518. The molecule has 0 fully saturated rings. The van der Waals surface area contributed by atoms with E-state index < -0.39 is 11.2 Å². The number of hydrogen-bond acceptors (Lipinski definition) is 7. The maximum Gasteiger partial charge on any atom is 0.339 e. The van der Waals surface area contributed by atoms with Gasteiger partial charge in [-0.1, -0.05) is 23.9 Å². The maximum atomic E-state index is 13.0. The Kier molecular flexibility index (Phi) is 8.15. The minimum absolute atomic E-state index is 0.269. The number of thioether (sulfide) groups is 1. The Morgan fingerprint density at radius 3 is 2.05 bits per heavy atom. The fourth-order valence-electron chi connectivity index (χ4n) is 3.67. The van der Waals surface area contributed by atoms with Crippen LogP contribution in [0.15, 0.2) is 78.0 Å².